The largest absolute Gasteiger partial charge is 0.469 e. The van der Waals surface area contributed by atoms with E-state index in [2.05, 4.69) is 4.98 Å². The van der Waals surface area contributed by atoms with Crippen LogP contribution in [-0.4, -0.2) is 40.7 Å². The van der Waals surface area contributed by atoms with E-state index in [0.29, 0.717) is 19.5 Å². The number of pyridine rings is 1. The SMILES string of the molecule is CCCS(=O)(=O)N1Cc2cccn2C[C@@H](Oc2ncccc2F)C1. The average Bonchev–Trinajstić information content (AvgIpc) is 2.88. The lowest BCUT2D eigenvalue weighted by Gasteiger charge is -2.24. The highest BCUT2D eigenvalue weighted by atomic mass is 32.2. The summed E-state index contributed by atoms with van der Waals surface area (Å²) in [6.45, 7) is 2.73. The quantitative estimate of drug-likeness (QED) is 0.825. The van der Waals surface area contributed by atoms with Crippen molar-refractivity contribution in [3.8, 4) is 5.88 Å². The van der Waals surface area contributed by atoms with E-state index < -0.39 is 21.9 Å². The van der Waals surface area contributed by atoms with Crippen molar-refractivity contribution in [2.75, 3.05) is 12.3 Å². The van der Waals surface area contributed by atoms with E-state index in [0.717, 1.165) is 5.69 Å². The fourth-order valence-corrected chi connectivity index (χ4v) is 4.31. The lowest BCUT2D eigenvalue weighted by Crippen LogP contribution is -2.39. The molecule has 1 atom stereocenters. The van der Waals surface area contributed by atoms with Gasteiger partial charge in [-0.25, -0.2) is 17.8 Å². The first-order chi connectivity index (χ1) is 11.5. The van der Waals surface area contributed by atoms with Gasteiger partial charge in [-0.05, 0) is 30.7 Å². The normalized spacial score (nSPS) is 18.8. The molecule has 0 radical (unpaired) electrons. The van der Waals surface area contributed by atoms with Crippen LogP contribution in [0, 0.1) is 5.82 Å². The minimum Gasteiger partial charge on any atom is -0.469 e. The number of nitrogens with zero attached hydrogens (tertiary/aromatic N) is 3. The highest BCUT2D eigenvalue weighted by Gasteiger charge is 2.30. The van der Waals surface area contributed by atoms with Crippen LogP contribution >= 0.6 is 0 Å². The van der Waals surface area contributed by atoms with E-state index in [1.807, 2.05) is 29.8 Å². The second kappa shape index (κ2) is 6.90. The predicted octanol–water partition coefficient (Wildman–Crippen LogP) is 2.03. The summed E-state index contributed by atoms with van der Waals surface area (Å²) >= 11 is 0. The fraction of sp³-hybridized carbons (Fsp3) is 0.438. The van der Waals surface area contributed by atoms with Crippen molar-refractivity contribution in [2.24, 2.45) is 0 Å². The van der Waals surface area contributed by atoms with Gasteiger partial charge >= 0.3 is 0 Å². The summed E-state index contributed by atoms with van der Waals surface area (Å²) in [6.07, 6.45) is 3.34. The Hall–Kier alpha value is -1.93. The lowest BCUT2D eigenvalue weighted by atomic mass is 10.3. The molecule has 3 heterocycles. The van der Waals surface area contributed by atoms with Crippen LogP contribution < -0.4 is 4.74 Å². The summed E-state index contributed by atoms with van der Waals surface area (Å²) in [7, 11) is -3.39. The summed E-state index contributed by atoms with van der Waals surface area (Å²) < 4.78 is 47.9. The van der Waals surface area contributed by atoms with Gasteiger partial charge in [0, 0.05) is 18.1 Å². The Bertz CT molecular complexity index is 806. The molecule has 130 valence electrons. The van der Waals surface area contributed by atoms with Crippen molar-refractivity contribution in [1.82, 2.24) is 13.9 Å². The van der Waals surface area contributed by atoms with Gasteiger partial charge in [-0.1, -0.05) is 6.92 Å². The molecule has 1 aliphatic rings. The third kappa shape index (κ3) is 3.59. The van der Waals surface area contributed by atoms with Crippen molar-refractivity contribution in [2.45, 2.75) is 32.5 Å². The second-order valence-electron chi connectivity index (χ2n) is 5.79. The van der Waals surface area contributed by atoms with E-state index in [9.17, 15) is 12.8 Å². The molecule has 0 amide bonds. The topological polar surface area (TPSA) is 64.4 Å². The summed E-state index contributed by atoms with van der Waals surface area (Å²) in [5, 5.41) is 0. The molecule has 0 saturated carbocycles. The van der Waals surface area contributed by atoms with Crippen LogP contribution in [0.4, 0.5) is 4.39 Å². The Morgan fingerprint density at radius 2 is 2.17 bits per heavy atom. The lowest BCUT2D eigenvalue weighted by molar-refractivity contribution is 0.147. The number of rotatable bonds is 5. The molecule has 8 heteroatoms. The van der Waals surface area contributed by atoms with E-state index in [1.54, 1.807) is 0 Å². The Balaban J connectivity index is 1.88. The molecule has 0 unspecified atom stereocenters. The minimum absolute atomic E-state index is 0.0817. The van der Waals surface area contributed by atoms with Gasteiger partial charge in [0.15, 0.2) is 5.82 Å². The molecule has 0 N–H and O–H groups in total. The smallest absolute Gasteiger partial charge is 0.250 e. The zero-order valence-electron chi connectivity index (χ0n) is 13.4. The molecule has 3 rings (SSSR count). The van der Waals surface area contributed by atoms with Gasteiger partial charge in [0.05, 0.1) is 25.4 Å². The molecular formula is C16H20FN3O3S. The molecular weight excluding hydrogens is 333 g/mol. The Labute approximate surface area is 140 Å². The van der Waals surface area contributed by atoms with E-state index in [-0.39, 0.29) is 18.2 Å². The van der Waals surface area contributed by atoms with E-state index >= 15 is 0 Å². The molecule has 0 saturated heterocycles. The van der Waals surface area contributed by atoms with Crippen molar-refractivity contribution in [3.63, 3.8) is 0 Å². The first kappa shape index (κ1) is 16.9. The van der Waals surface area contributed by atoms with Gasteiger partial charge < -0.3 is 9.30 Å². The zero-order chi connectivity index (χ0) is 17.2. The summed E-state index contributed by atoms with van der Waals surface area (Å²) in [4.78, 5) is 3.90. The van der Waals surface area contributed by atoms with Gasteiger partial charge in [0.1, 0.15) is 6.10 Å². The van der Waals surface area contributed by atoms with Crippen molar-refractivity contribution < 1.29 is 17.5 Å². The zero-order valence-corrected chi connectivity index (χ0v) is 14.2. The van der Waals surface area contributed by atoms with Crippen LogP contribution in [0.3, 0.4) is 0 Å². The summed E-state index contributed by atoms with van der Waals surface area (Å²) in [5.41, 5.74) is 0.891. The molecule has 0 aromatic carbocycles. The van der Waals surface area contributed by atoms with Gasteiger partial charge in [0.2, 0.25) is 10.0 Å². The van der Waals surface area contributed by atoms with Crippen molar-refractivity contribution in [1.29, 1.82) is 0 Å². The second-order valence-corrected chi connectivity index (χ2v) is 7.88. The molecule has 0 fully saturated rings. The van der Waals surface area contributed by atoms with E-state index in [1.165, 1.54) is 22.6 Å². The molecule has 0 bridgehead atoms. The number of halogens is 1. The van der Waals surface area contributed by atoms with Gasteiger partial charge in [-0.2, -0.15) is 4.31 Å². The highest BCUT2D eigenvalue weighted by molar-refractivity contribution is 7.89. The Kier molecular flexibility index (Phi) is 4.86. The molecule has 2 aromatic rings. The molecule has 2 aromatic heterocycles. The van der Waals surface area contributed by atoms with Crippen LogP contribution in [0.5, 0.6) is 5.88 Å². The van der Waals surface area contributed by atoms with Crippen LogP contribution in [0.1, 0.15) is 19.0 Å². The number of sulfonamides is 1. The summed E-state index contributed by atoms with van der Waals surface area (Å²) in [5.74, 6) is -0.582. The van der Waals surface area contributed by atoms with Gasteiger partial charge in [0.25, 0.3) is 5.88 Å². The standard InChI is InChI=1S/C16H20FN3O3S/c1-2-9-24(21,22)20-10-13-5-4-8-19(13)11-14(12-20)23-16-15(17)6-3-7-18-16/h3-8,14H,2,9-12H2,1H3/t14-/m1/s1. The highest BCUT2D eigenvalue weighted by Crippen LogP contribution is 2.21. The molecule has 24 heavy (non-hydrogen) atoms. The third-order valence-corrected chi connectivity index (χ3v) is 5.92. The number of aromatic nitrogens is 2. The van der Waals surface area contributed by atoms with Crippen LogP contribution in [0.25, 0.3) is 0 Å². The molecule has 1 aliphatic heterocycles. The van der Waals surface area contributed by atoms with Crippen LogP contribution in [0.15, 0.2) is 36.7 Å². The monoisotopic (exact) mass is 353 g/mol. The van der Waals surface area contributed by atoms with Crippen molar-refractivity contribution in [3.05, 3.63) is 48.2 Å². The summed E-state index contributed by atoms with van der Waals surface area (Å²) in [6, 6.07) is 6.50. The number of hydrogen-bond donors (Lipinski definition) is 0. The van der Waals surface area contributed by atoms with E-state index in [4.69, 9.17) is 4.74 Å². The van der Waals surface area contributed by atoms with Crippen LogP contribution in [-0.2, 0) is 23.1 Å². The third-order valence-electron chi connectivity index (χ3n) is 3.93. The Morgan fingerprint density at radius 3 is 2.92 bits per heavy atom. The number of fused-ring (bicyclic) bond motifs is 1. The maximum atomic E-state index is 13.8. The average molecular weight is 353 g/mol. The van der Waals surface area contributed by atoms with Gasteiger partial charge in [-0.15, -0.1) is 0 Å². The fourth-order valence-electron chi connectivity index (χ4n) is 2.81. The molecule has 0 spiro atoms. The molecule has 0 aliphatic carbocycles. The number of ether oxygens (including phenoxy) is 1. The predicted molar refractivity (Wildman–Crippen MR) is 87.5 cm³/mol. The first-order valence-electron chi connectivity index (χ1n) is 7.88. The maximum Gasteiger partial charge on any atom is 0.250 e. The van der Waals surface area contributed by atoms with Crippen LogP contribution in [0.2, 0.25) is 0 Å². The Morgan fingerprint density at radius 1 is 1.33 bits per heavy atom. The first-order valence-corrected chi connectivity index (χ1v) is 9.49. The number of hydrogen-bond acceptors (Lipinski definition) is 4. The molecule has 6 nitrogen and oxygen atoms in total. The minimum atomic E-state index is -3.39. The van der Waals surface area contributed by atoms with Gasteiger partial charge in [-0.3, -0.25) is 0 Å². The van der Waals surface area contributed by atoms with Crippen molar-refractivity contribution >= 4 is 10.0 Å². The maximum absolute atomic E-state index is 13.8.